The Hall–Kier alpha value is -2.49. The molecular weight excluding hydrogens is 688 g/mol. The maximum atomic E-state index is 14.1. The summed E-state index contributed by atoms with van der Waals surface area (Å²) in [6.07, 6.45) is 7.86. The van der Waals surface area contributed by atoms with Crippen LogP contribution in [-0.2, 0) is 47.5 Å². The summed E-state index contributed by atoms with van der Waals surface area (Å²) in [7, 11) is 0. The van der Waals surface area contributed by atoms with Crippen LogP contribution in [0.5, 0.6) is 0 Å². The smallest absolute Gasteiger partial charge is 0.306 e. The zero-order valence-corrected chi connectivity index (χ0v) is 31.9. The number of ketones is 1. The van der Waals surface area contributed by atoms with Crippen molar-refractivity contribution in [2.24, 2.45) is 29.6 Å². The van der Waals surface area contributed by atoms with Gasteiger partial charge in [0.15, 0.2) is 17.0 Å². The first-order chi connectivity index (χ1) is 25.0. The fourth-order valence-electron chi connectivity index (χ4n) is 10.1. The van der Waals surface area contributed by atoms with E-state index in [1.807, 2.05) is 46.8 Å². The number of rotatable bonds is 15. The van der Waals surface area contributed by atoms with Crippen molar-refractivity contribution in [3.05, 3.63) is 36.0 Å². The van der Waals surface area contributed by atoms with Gasteiger partial charge in [-0.2, -0.15) is 0 Å². The van der Waals surface area contributed by atoms with Gasteiger partial charge in [-0.05, 0) is 44.1 Å². The van der Waals surface area contributed by atoms with E-state index < -0.39 is 100 Å². The van der Waals surface area contributed by atoms with E-state index in [9.17, 15) is 29.7 Å². The lowest BCUT2D eigenvalue weighted by Crippen LogP contribution is -2.79. The molecule has 3 bridgehead atoms. The van der Waals surface area contributed by atoms with Crippen LogP contribution in [0.1, 0.15) is 87.0 Å². The number of Topliss-reactive ketones (excluding diaryl/α,β-unsaturated/α-hetero) is 1. The van der Waals surface area contributed by atoms with E-state index >= 15 is 0 Å². The standard InChI is InChI=1S/C40H56O13/c1-8-9-10-11-12-13-14-15-37-51-33-29-32-36(20-41,50-32)34(45)38(46)26(18-24(6)30(38)44)39(29,52-37)25(19-47-27(42)16-22(2)3)31(49-28(43)17-23(4)5)40(33,53-37)35(7)21-48-35/h12-15,18,22-23,25-26,29,31-34,41,45-46H,8-11,16-17,19-21H2,1-7H3/b13-12+,15-14+/t25-,26-,29+,31+,32+,33-,34-,35-,36+,37+,38-,39-,40+/m1/s1. The molecule has 0 unspecified atom stereocenters. The van der Waals surface area contributed by atoms with Crippen LogP contribution < -0.4 is 0 Å². The molecule has 0 spiro atoms. The SMILES string of the molecule is CCCCC/C=C/C=C/[C@]12O[C@@H]3[C@@H]4[C@@H]5O[C@]5(CO)[C@@H](O)[C@]5(O)C(=O)C(C)=C[C@H]5[C@]4(O1)[C@H](COC(=O)CC(C)C)[C@H](OC(=O)CC(C)C)[C@]3([C@@]1(C)CO1)O2. The second-order valence-corrected chi connectivity index (χ2v) is 17.3. The van der Waals surface area contributed by atoms with Crippen LogP contribution in [0.4, 0.5) is 0 Å². The highest BCUT2D eigenvalue weighted by Gasteiger charge is 2.93. The minimum absolute atomic E-state index is 0.0194. The number of hydrogen-bond acceptors (Lipinski definition) is 13. The van der Waals surface area contributed by atoms with Crippen molar-refractivity contribution in [1.82, 2.24) is 0 Å². The number of carbonyl (C=O) groups is 3. The summed E-state index contributed by atoms with van der Waals surface area (Å²) in [5.41, 5.74) is -8.66. The lowest BCUT2D eigenvalue weighted by Gasteiger charge is -2.61. The van der Waals surface area contributed by atoms with Crippen molar-refractivity contribution in [1.29, 1.82) is 0 Å². The number of aliphatic hydroxyl groups excluding tert-OH is 2. The highest BCUT2D eigenvalue weighted by atomic mass is 16.9. The Morgan fingerprint density at radius 2 is 1.74 bits per heavy atom. The van der Waals surface area contributed by atoms with Crippen LogP contribution in [0.2, 0.25) is 0 Å². The molecule has 7 rings (SSSR count). The Bertz CT molecular complexity index is 1580. The van der Waals surface area contributed by atoms with Gasteiger partial charge in [-0.15, -0.1) is 0 Å². The quantitative estimate of drug-likeness (QED) is 0.0963. The molecule has 3 N–H and O–H groups in total. The van der Waals surface area contributed by atoms with Crippen LogP contribution in [0.25, 0.3) is 0 Å². The van der Waals surface area contributed by atoms with Gasteiger partial charge in [0, 0.05) is 30.8 Å². The van der Waals surface area contributed by atoms with Crippen molar-refractivity contribution < 1.29 is 62.9 Å². The lowest BCUT2D eigenvalue weighted by atomic mass is 9.51. The molecule has 13 nitrogen and oxygen atoms in total. The first kappa shape index (κ1) is 38.8. The Labute approximate surface area is 311 Å². The number of aliphatic hydroxyl groups is 3. The van der Waals surface area contributed by atoms with Crippen LogP contribution in [0.15, 0.2) is 36.0 Å². The molecule has 294 valence electrons. The fraction of sp³-hybridized carbons (Fsp3) is 0.775. The van der Waals surface area contributed by atoms with Gasteiger partial charge in [-0.25, -0.2) is 0 Å². The number of hydrogen-bond donors (Lipinski definition) is 3. The molecule has 4 saturated heterocycles. The summed E-state index contributed by atoms with van der Waals surface area (Å²) < 4.78 is 46.1. The molecule has 4 heterocycles. The molecule has 0 aromatic carbocycles. The minimum Gasteiger partial charge on any atom is -0.465 e. The Kier molecular flexibility index (Phi) is 9.75. The summed E-state index contributed by atoms with van der Waals surface area (Å²) >= 11 is 0. The molecule has 0 aromatic heterocycles. The average Bonchev–Trinajstić information content (AvgIpc) is 3.99. The summed E-state index contributed by atoms with van der Waals surface area (Å²) in [5, 5.41) is 35.6. The normalized spacial score (nSPS) is 46.1. The Morgan fingerprint density at radius 1 is 1.04 bits per heavy atom. The Morgan fingerprint density at radius 3 is 2.38 bits per heavy atom. The summed E-state index contributed by atoms with van der Waals surface area (Å²) in [6.45, 7) is 12.2. The molecule has 0 amide bonds. The van der Waals surface area contributed by atoms with Crippen molar-refractivity contribution in [3.63, 3.8) is 0 Å². The third kappa shape index (κ3) is 5.58. The topological polar surface area (TPSA) is 183 Å². The summed E-state index contributed by atoms with van der Waals surface area (Å²) in [6, 6.07) is 0. The average molecular weight is 745 g/mol. The first-order valence-electron chi connectivity index (χ1n) is 19.4. The maximum Gasteiger partial charge on any atom is 0.306 e. The molecule has 4 aliphatic heterocycles. The predicted molar refractivity (Wildman–Crippen MR) is 187 cm³/mol. The van der Waals surface area contributed by atoms with E-state index in [4.69, 9.17) is 33.2 Å². The van der Waals surface area contributed by atoms with Crippen LogP contribution >= 0.6 is 0 Å². The largest absolute Gasteiger partial charge is 0.465 e. The minimum atomic E-state index is -2.55. The molecule has 0 radical (unpaired) electrons. The molecule has 13 heteroatoms. The van der Waals surface area contributed by atoms with E-state index in [1.165, 1.54) is 6.92 Å². The zero-order chi connectivity index (χ0) is 38.4. The van der Waals surface area contributed by atoms with Crippen LogP contribution in [0.3, 0.4) is 0 Å². The van der Waals surface area contributed by atoms with Gasteiger partial charge in [-0.3, -0.25) is 14.4 Å². The summed E-state index contributed by atoms with van der Waals surface area (Å²) in [4.78, 5) is 41.3. The number of allylic oxidation sites excluding steroid dienone is 3. The molecule has 53 heavy (non-hydrogen) atoms. The predicted octanol–water partition coefficient (Wildman–Crippen LogP) is 3.22. The van der Waals surface area contributed by atoms with E-state index in [0.29, 0.717) is 0 Å². The number of esters is 2. The van der Waals surface area contributed by atoms with Gasteiger partial charge < -0.3 is 48.5 Å². The number of ether oxygens (including phenoxy) is 7. The number of carbonyl (C=O) groups excluding carboxylic acids is 3. The molecule has 7 aliphatic rings. The first-order valence-corrected chi connectivity index (χ1v) is 19.4. The zero-order valence-electron chi connectivity index (χ0n) is 31.9. The van der Waals surface area contributed by atoms with Gasteiger partial charge in [0.1, 0.15) is 47.8 Å². The molecule has 2 saturated carbocycles. The van der Waals surface area contributed by atoms with Crippen molar-refractivity contribution >= 4 is 17.7 Å². The maximum absolute atomic E-state index is 14.1. The third-order valence-corrected chi connectivity index (χ3v) is 12.6. The van der Waals surface area contributed by atoms with Gasteiger partial charge in [0.25, 0.3) is 0 Å². The monoisotopic (exact) mass is 744 g/mol. The fourth-order valence-corrected chi connectivity index (χ4v) is 10.1. The van der Waals surface area contributed by atoms with E-state index in [-0.39, 0.29) is 43.5 Å². The number of epoxide rings is 2. The lowest BCUT2D eigenvalue weighted by molar-refractivity contribution is -0.409. The van der Waals surface area contributed by atoms with Gasteiger partial charge >= 0.3 is 17.9 Å². The van der Waals surface area contributed by atoms with Crippen molar-refractivity contribution in [3.8, 4) is 0 Å². The van der Waals surface area contributed by atoms with Crippen LogP contribution in [-0.4, -0.2) is 111 Å². The highest BCUT2D eigenvalue weighted by molar-refractivity contribution is 6.05. The summed E-state index contributed by atoms with van der Waals surface area (Å²) in [5.74, 6) is -7.23. The molecule has 6 fully saturated rings. The molecular formula is C40H56O13. The number of unbranched alkanes of at least 4 members (excludes halogenated alkanes) is 3. The molecule has 13 atom stereocenters. The van der Waals surface area contributed by atoms with Gasteiger partial charge in [0.2, 0.25) is 0 Å². The molecule has 3 aliphatic carbocycles. The van der Waals surface area contributed by atoms with E-state index in [2.05, 4.69) is 6.92 Å². The van der Waals surface area contributed by atoms with Crippen molar-refractivity contribution in [2.75, 3.05) is 19.8 Å². The van der Waals surface area contributed by atoms with Gasteiger partial charge in [0.05, 0.1) is 19.1 Å². The highest BCUT2D eigenvalue weighted by Crippen LogP contribution is 2.74. The van der Waals surface area contributed by atoms with E-state index in [0.717, 1.165) is 25.7 Å². The van der Waals surface area contributed by atoms with Crippen LogP contribution in [0, 0.1) is 29.6 Å². The van der Waals surface area contributed by atoms with E-state index in [1.54, 1.807) is 18.2 Å². The van der Waals surface area contributed by atoms with Gasteiger partial charge in [-0.1, -0.05) is 71.8 Å². The second-order valence-electron chi connectivity index (χ2n) is 17.3. The second kappa shape index (κ2) is 13.3. The molecule has 0 aromatic rings. The number of fused-ring (bicyclic) bond motifs is 3. The van der Waals surface area contributed by atoms with Crippen molar-refractivity contribution in [2.45, 2.75) is 145 Å². The third-order valence-electron chi connectivity index (χ3n) is 12.6. The Balaban J connectivity index is 1.46.